The summed E-state index contributed by atoms with van der Waals surface area (Å²) in [5, 5.41) is 3.72. The molecule has 0 unspecified atom stereocenters. The Kier molecular flexibility index (Phi) is 5.00. The molecule has 0 radical (unpaired) electrons. The minimum absolute atomic E-state index is 0.445. The molecule has 1 aromatic heterocycles. The van der Waals surface area contributed by atoms with Crippen molar-refractivity contribution in [3.05, 3.63) is 16.0 Å². The Labute approximate surface area is 115 Å². The van der Waals surface area contributed by atoms with Gasteiger partial charge in [0.15, 0.2) is 0 Å². The van der Waals surface area contributed by atoms with E-state index in [1.165, 1.54) is 38.7 Å². The molecule has 1 fully saturated rings. The molecule has 94 valence electrons. The molecule has 0 atom stereocenters. The predicted octanol–water partition coefficient (Wildman–Crippen LogP) is 2.79. The van der Waals surface area contributed by atoms with Crippen molar-refractivity contribution in [2.45, 2.75) is 19.3 Å². The summed E-state index contributed by atoms with van der Waals surface area (Å²) in [6.45, 7) is 4.36. The van der Waals surface area contributed by atoms with E-state index in [0.717, 1.165) is 23.4 Å². The average molecular weight is 320 g/mol. The number of anilines is 1. The summed E-state index contributed by atoms with van der Waals surface area (Å²) in [4.78, 5) is 10.5. The third-order valence-electron chi connectivity index (χ3n) is 2.92. The first kappa shape index (κ1) is 13.1. The van der Waals surface area contributed by atoms with Crippen LogP contribution in [-0.2, 0) is 0 Å². The first-order chi connectivity index (χ1) is 8.27. The summed E-state index contributed by atoms with van der Waals surface area (Å²) in [7, 11) is 0. The van der Waals surface area contributed by atoms with Crippen molar-refractivity contribution in [2.75, 3.05) is 31.5 Å². The van der Waals surface area contributed by atoms with E-state index in [0.29, 0.717) is 5.15 Å². The van der Waals surface area contributed by atoms with E-state index in [2.05, 4.69) is 36.1 Å². The molecule has 2 rings (SSSR count). The second kappa shape index (κ2) is 6.52. The van der Waals surface area contributed by atoms with Gasteiger partial charge in [-0.3, -0.25) is 0 Å². The highest BCUT2D eigenvalue weighted by Crippen LogP contribution is 2.25. The summed E-state index contributed by atoms with van der Waals surface area (Å²) < 4.78 is 0.736. The molecule has 0 spiro atoms. The number of aromatic nitrogens is 2. The first-order valence-corrected chi connectivity index (χ1v) is 7.06. The lowest BCUT2D eigenvalue weighted by Gasteiger charge is -2.26. The molecule has 1 aromatic rings. The van der Waals surface area contributed by atoms with Crippen LogP contribution in [0.15, 0.2) is 10.8 Å². The molecule has 2 heterocycles. The maximum absolute atomic E-state index is 5.89. The molecule has 0 bridgehead atoms. The van der Waals surface area contributed by atoms with Gasteiger partial charge in [-0.1, -0.05) is 18.0 Å². The molecule has 1 N–H and O–H groups in total. The number of piperidine rings is 1. The van der Waals surface area contributed by atoms with Gasteiger partial charge >= 0.3 is 0 Å². The Morgan fingerprint density at radius 2 is 2.06 bits per heavy atom. The Balaban J connectivity index is 1.79. The van der Waals surface area contributed by atoms with Gasteiger partial charge in [0.25, 0.3) is 0 Å². The Bertz CT molecular complexity index is 368. The Morgan fingerprint density at radius 1 is 1.29 bits per heavy atom. The van der Waals surface area contributed by atoms with E-state index in [-0.39, 0.29) is 0 Å². The third-order valence-corrected chi connectivity index (χ3v) is 4.18. The molecule has 4 nitrogen and oxygen atoms in total. The van der Waals surface area contributed by atoms with E-state index < -0.39 is 0 Å². The molecule has 1 aliphatic heterocycles. The quantitative estimate of drug-likeness (QED) is 0.867. The zero-order chi connectivity index (χ0) is 12.1. The summed E-state index contributed by atoms with van der Waals surface area (Å²) in [6.07, 6.45) is 5.49. The van der Waals surface area contributed by atoms with Crippen LogP contribution in [0.25, 0.3) is 0 Å². The lowest BCUT2D eigenvalue weighted by atomic mass is 10.1. The zero-order valence-electron chi connectivity index (χ0n) is 9.62. The molecule has 1 saturated heterocycles. The largest absolute Gasteiger partial charge is 0.368 e. The number of rotatable bonds is 4. The van der Waals surface area contributed by atoms with Crippen LogP contribution in [0.3, 0.4) is 0 Å². The van der Waals surface area contributed by atoms with Crippen LogP contribution in [0, 0.1) is 0 Å². The van der Waals surface area contributed by atoms with Crippen LogP contribution >= 0.6 is 27.5 Å². The topological polar surface area (TPSA) is 41.1 Å². The minimum Gasteiger partial charge on any atom is -0.368 e. The molecule has 0 saturated carbocycles. The predicted molar refractivity (Wildman–Crippen MR) is 73.5 cm³/mol. The van der Waals surface area contributed by atoms with E-state index in [1.54, 1.807) is 0 Å². The van der Waals surface area contributed by atoms with Gasteiger partial charge in [0.05, 0.1) is 4.47 Å². The highest BCUT2D eigenvalue weighted by atomic mass is 79.9. The fraction of sp³-hybridized carbons (Fsp3) is 0.636. The van der Waals surface area contributed by atoms with Crippen LogP contribution < -0.4 is 5.32 Å². The molecular weight excluding hydrogens is 304 g/mol. The smallest absolute Gasteiger partial charge is 0.148 e. The number of halogens is 2. The Morgan fingerprint density at radius 3 is 2.82 bits per heavy atom. The van der Waals surface area contributed by atoms with Crippen LogP contribution in [0.1, 0.15) is 19.3 Å². The standard InChI is InChI=1S/C11H16BrClN4/c12-9-10(13)15-8-16-11(9)14-4-7-17-5-2-1-3-6-17/h8H,1-7H2,(H,14,15,16). The van der Waals surface area contributed by atoms with Gasteiger partial charge in [0.1, 0.15) is 17.3 Å². The van der Waals surface area contributed by atoms with Gasteiger partial charge in [-0.2, -0.15) is 0 Å². The molecule has 17 heavy (non-hydrogen) atoms. The van der Waals surface area contributed by atoms with Crippen LogP contribution in [0.5, 0.6) is 0 Å². The number of nitrogens with zero attached hydrogens (tertiary/aromatic N) is 3. The van der Waals surface area contributed by atoms with Gasteiger partial charge in [-0.25, -0.2) is 9.97 Å². The van der Waals surface area contributed by atoms with Crippen LogP contribution in [0.2, 0.25) is 5.15 Å². The van der Waals surface area contributed by atoms with Crippen LogP contribution in [0.4, 0.5) is 5.82 Å². The number of hydrogen-bond acceptors (Lipinski definition) is 4. The third kappa shape index (κ3) is 3.79. The van der Waals surface area contributed by atoms with E-state index in [9.17, 15) is 0 Å². The van der Waals surface area contributed by atoms with Gasteiger partial charge in [0, 0.05) is 13.1 Å². The van der Waals surface area contributed by atoms with Gasteiger partial charge < -0.3 is 10.2 Å². The van der Waals surface area contributed by atoms with Gasteiger partial charge in [0.2, 0.25) is 0 Å². The summed E-state index contributed by atoms with van der Waals surface area (Å²) in [6, 6.07) is 0. The average Bonchev–Trinajstić information content (AvgIpc) is 2.36. The second-order valence-electron chi connectivity index (χ2n) is 4.16. The van der Waals surface area contributed by atoms with Crippen LogP contribution in [-0.4, -0.2) is 41.0 Å². The fourth-order valence-electron chi connectivity index (χ4n) is 1.99. The highest BCUT2D eigenvalue weighted by Gasteiger charge is 2.10. The van der Waals surface area contributed by atoms with Crippen molar-refractivity contribution in [1.82, 2.24) is 14.9 Å². The molecular formula is C11H16BrClN4. The molecule has 6 heteroatoms. The van der Waals surface area contributed by atoms with Crippen molar-refractivity contribution in [3.8, 4) is 0 Å². The van der Waals surface area contributed by atoms with Gasteiger partial charge in [-0.15, -0.1) is 0 Å². The number of hydrogen-bond donors (Lipinski definition) is 1. The molecule has 1 aliphatic rings. The van der Waals surface area contributed by atoms with E-state index >= 15 is 0 Å². The monoisotopic (exact) mass is 318 g/mol. The summed E-state index contributed by atoms with van der Waals surface area (Å²) >= 11 is 9.27. The van der Waals surface area contributed by atoms with E-state index in [4.69, 9.17) is 11.6 Å². The second-order valence-corrected chi connectivity index (χ2v) is 5.31. The fourth-order valence-corrected chi connectivity index (χ4v) is 2.47. The van der Waals surface area contributed by atoms with Crippen molar-refractivity contribution < 1.29 is 0 Å². The lowest BCUT2D eigenvalue weighted by molar-refractivity contribution is 0.237. The molecule has 0 amide bonds. The lowest BCUT2D eigenvalue weighted by Crippen LogP contribution is -2.33. The normalized spacial score (nSPS) is 17.1. The molecule has 0 aromatic carbocycles. The zero-order valence-corrected chi connectivity index (χ0v) is 12.0. The molecule has 0 aliphatic carbocycles. The van der Waals surface area contributed by atoms with E-state index in [1.807, 2.05) is 0 Å². The SMILES string of the molecule is Clc1ncnc(NCCN2CCCCC2)c1Br. The number of likely N-dealkylation sites (tertiary alicyclic amines) is 1. The minimum atomic E-state index is 0.445. The van der Waals surface area contributed by atoms with Crippen molar-refractivity contribution >= 4 is 33.3 Å². The van der Waals surface area contributed by atoms with Crippen molar-refractivity contribution in [2.24, 2.45) is 0 Å². The summed E-state index contributed by atoms with van der Waals surface area (Å²) in [5.41, 5.74) is 0. The van der Waals surface area contributed by atoms with Gasteiger partial charge in [-0.05, 0) is 41.9 Å². The number of nitrogens with one attached hydrogen (secondary N) is 1. The maximum Gasteiger partial charge on any atom is 0.148 e. The first-order valence-electron chi connectivity index (χ1n) is 5.89. The van der Waals surface area contributed by atoms with Crippen molar-refractivity contribution in [3.63, 3.8) is 0 Å². The maximum atomic E-state index is 5.89. The summed E-state index contributed by atoms with van der Waals surface area (Å²) in [5.74, 6) is 0.766. The Hall–Kier alpha value is -0.390. The van der Waals surface area contributed by atoms with Crippen molar-refractivity contribution in [1.29, 1.82) is 0 Å². The highest BCUT2D eigenvalue weighted by molar-refractivity contribution is 9.10.